The second-order valence-electron chi connectivity index (χ2n) is 6.53. The Morgan fingerprint density at radius 3 is 2.54 bits per heavy atom. The Labute approximate surface area is 144 Å². The van der Waals surface area contributed by atoms with Gasteiger partial charge in [0.2, 0.25) is 0 Å². The average molecular weight is 347 g/mol. The Hall–Kier alpha value is -1.66. The van der Waals surface area contributed by atoms with E-state index in [2.05, 4.69) is 16.9 Å². The Kier molecular flexibility index (Phi) is 4.78. The quantitative estimate of drug-likeness (QED) is 0.834. The highest BCUT2D eigenvalue weighted by atomic mass is 32.2. The van der Waals surface area contributed by atoms with Gasteiger partial charge in [-0.3, -0.25) is 9.58 Å². The summed E-state index contributed by atoms with van der Waals surface area (Å²) in [6.07, 6.45) is 2.17. The molecule has 2 heterocycles. The maximum Gasteiger partial charge on any atom is 0.179 e. The summed E-state index contributed by atoms with van der Waals surface area (Å²) < 4.78 is 27.0. The van der Waals surface area contributed by atoms with Crippen LogP contribution in [0.1, 0.15) is 35.8 Å². The van der Waals surface area contributed by atoms with Gasteiger partial charge in [0.15, 0.2) is 9.84 Å². The Morgan fingerprint density at radius 2 is 1.92 bits per heavy atom. The van der Waals surface area contributed by atoms with Crippen LogP contribution in [-0.2, 0) is 16.9 Å². The second kappa shape index (κ2) is 6.69. The number of benzene rings is 1. The van der Waals surface area contributed by atoms with Gasteiger partial charge in [-0.05, 0) is 45.4 Å². The number of likely N-dealkylation sites (tertiary alicyclic amines) is 1. The van der Waals surface area contributed by atoms with Gasteiger partial charge in [-0.15, -0.1) is 0 Å². The average Bonchev–Trinajstić information content (AvgIpc) is 3.11. The van der Waals surface area contributed by atoms with Crippen LogP contribution in [0.5, 0.6) is 0 Å². The number of hydrogen-bond donors (Lipinski definition) is 0. The molecule has 0 amide bonds. The largest absolute Gasteiger partial charge is 0.295 e. The van der Waals surface area contributed by atoms with E-state index in [1.54, 1.807) is 24.3 Å². The molecule has 0 unspecified atom stereocenters. The summed E-state index contributed by atoms with van der Waals surface area (Å²) in [6, 6.07) is 9.01. The molecule has 6 heteroatoms. The molecular weight excluding hydrogens is 322 g/mol. The smallest absolute Gasteiger partial charge is 0.179 e. The zero-order chi connectivity index (χ0) is 17.3. The van der Waals surface area contributed by atoms with Crippen LogP contribution in [0.3, 0.4) is 0 Å². The molecule has 5 nitrogen and oxygen atoms in total. The van der Waals surface area contributed by atoms with Crippen molar-refractivity contribution in [1.82, 2.24) is 14.7 Å². The van der Waals surface area contributed by atoms with E-state index in [-0.39, 0.29) is 11.8 Å². The topological polar surface area (TPSA) is 55.2 Å². The number of aromatic nitrogens is 2. The highest BCUT2D eigenvalue weighted by Gasteiger charge is 2.31. The first-order valence-corrected chi connectivity index (χ1v) is 10.1. The van der Waals surface area contributed by atoms with Crippen LogP contribution in [0.15, 0.2) is 35.2 Å². The number of hydrogen-bond acceptors (Lipinski definition) is 4. The van der Waals surface area contributed by atoms with Crippen LogP contribution in [0, 0.1) is 13.8 Å². The van der Waals surface area contributed by atoms with Crippen molar-refractivity contribution in [3.63, 3.8) is 0 Å². The van der Waals surface area contributed by atoms with E-state index in [1.165, 1.54) is 11.3 Å². The fraction of sp³-hybridized carbons (Fsp3) is 0.500. The molecular formula is C18H25N3O2S. The first-order valence-electron chi connectivity index (χ1n) is 8.42. The first kappa shape index (κ1) is 17.2. The number of sulfone groups is 1. The highest BCUT2D eigenvalue weighted by molar-refractivity contribution is 7.91. The van der Waals surface area contributed by atoms with Gasteiger partial charge in [0.25, 0.3) is 0 Å². The van der Waals surface area contributed by atoms with Gasteiger partial charge in [-0.1, -0.05) is 18.2 Å². The summed E-state index contributed by atoms with van der Waals surface area (Å²) in [4.78, 5) is 2.71. The first-order chi connectivity index (χ1) is 11.4. The fourth-order valence-corrected chi connectivity index (χ4v) is 4.96. The SMILES string of the molecule is Cc1nn(C)c(C)c1[C@H]1CCCN1CCS(=O)(=O)c1ccccc1. The number of rotatable bonds is 5. The normalized spacial score (nSPS) is 19.0. The molecule has 0 aliphatic carbocycles. The lowest BCUT2D eigenvalue weighted by Gasteiger charge is -2.25. The summed E-state index contributed by atoms with van der Waals surface area (Å²) in [7, 11) is -1.27. The number of aryl methyl sites for hydroxylation is 2. The molecule has 2 aromatic rings. The van der Waals surface area contributed by atoms with Gasteiger partial charge < -0.3 is 0 Å². The summed E-state index contributed by atoms with van der Waals surface area (Å²) in [5.74, 6) is 0.159. The minimum Gasteiger partial charge on any atom is -0.295 e. The van der Waals surface area contributed by atoms with Crippen molar-refractivity contribution in [2.45, 2.75) is 37.6 Å². The summed E-state index contributed by atoms with van der Waals surface area (Å²) in [5.41, 5.74) is 3.50. The summed E-state index contributed by atoms with van der Waals surface area (Å²) in [5, 5.41) is 4.52. The van der Waals surface area contributed by atoms with E-state index in [0.29, 0.717) is 11.4 Å². The van der Waals surface area contributed by atoms with Crippen LogP contribution in [0.25, 0.3) is 0 Å². The molecule has 0 spiro atoms. The van der Waals surface area contributed by atoms with Crippen LogP contribution >= 0.6 is 0 Å². The van der Waals surface area contributed by atoms with Gasteiger partial charge >= 0.3 is 0 Å². The molecule has 1 aliphatic rings. The third-order valence-electron chi connectivity index (χ3n) is 5.01. The van der Waals surface area contributed by atoms with E-state index in [1.807, 2.05) is 24.7 Å². The van der Waals surface area contributed by atoms with Crippen molar-refractivity contribution in [3.05, 3.63) is 47.3 Å². The molecule has 0 N–H and O–H groups in total. The van der Waals surface area contributed by atoms with Crippen molar-refractivity contribution in [2.24, 2.45) is 7.05 Å². The Bertz CT molecular complexity index is 812. The van der Waals surface area contributed by atoms with Gasteiger partial charge in [0.05, 0.1) is 16.3 Å². The third kappa shape index (κ3) is 3.26. The molecule has 0 saturated carbocycles. The van der Waals surface area contributed by atoms with E-state index in [9.17, 15) is 8.42 Å². The summed E-state index contributed by atoms with van der Waals surface area (Å²) >= 11 is 0. The molecule has 1 atom stereocenters. The minimum atomic E-state index is -3.23. The van der Waals surface area contributed by atoms with Crippen LogP contribution in [0.2, 0.25) is 0 Å². The maximum absolute atomic E-state index is 12.5. The molecule has 1 fully saturated rings. The van der Waals surface area contributed by atoms with Gasteiger partial charge in [0, 0.05) is 30.9 Å². The standard InChI is InChI=1S/C18H25N3O2S/c1-14-18(15(2)20(3)19-14)17-10-7-11-21(17)12-13-24(22,23)16-8-5-4-6-9-16/h4-6,8-9,17H,7,10-13H2,1-3H3/t17-/m1/s1. The van der Waals surface area contributed by atoms with Crippen LogP contribution in [0.4, 0.5) is 0 Å². The lowest BCUT2D eigenvalue weighted by molar-refractivity contribution is 0.271. The number of nitrogens with zero attached hydrogens (tertiary/aromatic N) is 3. The van der Waals surface area contributed by atoms with Crippen LogP contribution < -0.4 is 0 Å². The van der Waals surface area contributed by atoms with E-state index >= 15 is 0 Å². The lowest BCUT2D eigenvalue weighted by Crippen LogP contribution is -2.29. The molecule has 0 bridgehead atoms. The molecule has 1 aromatic carbocycles. The van der Waals surface area contributed by atoms with Crippen LogP contribution in [-0.4, -0.2) is 41.9 Å². The highest BCUT2D eigenvalue weighted by Crippen LogP contribution is 2.35. The van der Waals surface area contributed by atoms with Crippen molar-refractivity contribution < 1.29 is 8.42 Å². The van der Waals surface area contributed by atoms with Gasteiger partial charge in [-0.2, -0.15) is 5.10 Å². The van der Waals surface area contributed by atoms with E-state index < -0.39 is 9.84 Å². The van der Waals surface area contributed by atoms with Crippen molar-refractivity contribution in [2.75, 3.05) is 18.8 Å². The third-order valence-corrected chi connectivity index (χ3v) is 6.72. The maximum atomic E-state index is 12.5. The molecule has 3 rings (SSSR count). The van der Waals surface area contributed by atoms with Crippen molar-refractivity contribution >= 4 is 9.84 Å². The zero-order valence-electron chi connectivity index (χ0n) is 14.6. The van der Waals surface area contributed by atoms with Gasteiger partial charge in [0.1, 0.15) is 0 Å². The Balaban J connectivity index is 1.75. The predicted octanol–water partition coefficient (Wildman–Crippen LogP) is 2.65. The van der Waals surface area contributed by atoms with Gasteiger partial charge in [-0.25, -0.2) is 8.42 Å². The molecule has 1 aromatic heterocycles. The van der Waals surface area contributed by atoms with Crippen molar-refractivity contribution in [3.8, 4) is 0 Å². The zero-order valence-corrected chi connectivity index (χ0v) is 15.4. The molecule has 1 aliphatic heterocycles. The fourth-order valence-electron chi connectivity index (χ4n) is 3.68. The molecule has 130 valence electrons. The molecule has 1 saturated heterocycles. The van der Waals surface area contributed by atoms with E-state index in [4.69, 9.17) is 0 Å². The minimum absolute atomic E-state index is 0.159. The van der Waals surface area contributed by atoms with E-state index in [0.717, 1.165) is 25.1 Å². The molecule has 0 radical (unpaired) electrons. The second-order valence-corrected chi connectivity index (χ2v) is 8.64. The monoisotopic (exact) mass is 347 g/mol. The summed E-state index contributed by atoms with van der Waals surface area (Å²) in [6.45, 7) is 5.64. The Morgan fingerprint density at radius 1 is 1.21 bits per heavy atom. The molecule has 24 heavy (non-hydrogen) atoms. The lowest BCUT2D eigenvalue weighted by atomic mass is 10.0. The van der Waals surface area contributed by atoms with Crippen molar-refractivity contribution in [1.29, 1.82) is 0 Å². The predicted molar refractivity (Wildman–Crippen MR) is 94.7 cm³/mol.